The normalized spacial score (nSPS) is 22.0. The molecule has 0 amide bonds. The molecule has 0 saturated heterocycles. The van der Waals surface area contributed by atoms with Crippen molar-refractivity contribution in [2.45, 2.75) is 13.0 Å². The lowest BCUT2D eigenvalue weighted by molar-refractivity contribution is 0.313. The number of H-pyrrole nitrogens is 1. The third kappa shape index (κ3) is 2.20. The van der Waals surface area contributed by atoms with Crippen molar-refractivity contribution in [1.29, 1.82) is 0 Å². The van der Waals surface area contributed by atoms with E-state index in [9.17, 15) is 9.90 Å². The standard InChI is InChI=1S/C16H17N3O2/c1-9-13(8-20)11(6-7-14(9)17)15-10-4-2-3-5-12(10)16(21)19-18-15/h2-7,9,14,20H,8,17H2,1H3,(H,19,21). The Bertz CT molecular complexity index is 805. The molecule has 0 aliphatic heterocycles. The van der Waals surface area contributed by atoms with Gasteiger partial charge in [-0.3, -0.25) is 4.79 Å². The van der Waals surface area contributed by atoms with Gasteiger partial charge in [0.1, 0.15) is 0 Å². The van der Waals surface area contributed by atoms with Crippen molar-refractivity contribution < 1.29 is 5.11 Å². The summed E-state index contributed by atoms with van der Waals surface area (Å²) in [5.41, 5.74) is 8.14. The fourth-order valence-electron chi connectivity index (χ4n) is 2.74. The highest BCUT2D eigenvalue weighted by Crippen LogP contribution is 2.32. The third-order valence-electron chi connectivity index (χ3n) is 4.08. The lowest BCUT2D eigenvalue weighted by Gasteiger charge is -2.26. The number of rotatable bonds is 2. The zero-order valence-corrected chi connectivity index (χ0v) is 11.7. The Morgan fingerprint density at radius 3 is 2.76 bits per heavy atom. The number of hydrogen-bond donors (Lipinski definition) is 3. The molecule has 1 aliphatic carbocycles. The molecular weight excluding hydrogens is 266 g/mol. The number of nitrogens with two attached hydrogens (primary N) is 1. The van der Waals surface area contributed by atoms with Gasteiger partial charge in [-0.25, -0.2) is 5.10 Å². The molecule has 0 spiro atoms. The van der Waals surface area contributed by atoms with Crippen LogP contribution in [-0.4, -0.2) is 28.0 Å². The average molecular weight is 283 g/mol. The number of hydrogen-bond acceptors (Lipinski definition) is 4. The van der Waals surface area contributed by atoms with E-state index in [1.54, 1.807) is 6.07 Å². The first-order chi connectivity index (χ1) is 10.1. The summed E-state index contributed by atoms with van der Waals surface area (Å²) in [7, 11) is 0. The van der Waals surface area contributed by atoms with Crippen molar-refractivity contribution in [3.63, 3.8) is 0 Å². The largest absolute Gasteiger partial charge is 0.392 e. The minimum Gasteiger partial charge on any atom is -0.392 e. The number of benzene rings is 1. The zero-order chi connectivity index (χ0) is 15.0. The van der Waals surface area contributed by atoms with Crippen molar-refractivity contribution in [3.8, 4) is 0 Å². The highest BCUT2D eigenvalue weighted by Gasteiger charge is 2.24. The highest BCUT2D eigenvalue weighted by molar-refractivity contribution is 5.94. The Morgan fingerprint density at radius 2 is 2.05 bits per heavy atom. The molecule has 1 aromatic carbocycles. The number of allylic oxidation sites excluding steroid dienone is 2. The van der Waals surface area contributed by atoms with Crippen LogP contribution in [-0.2, 0) is 0 Å². The molecule has 1 aliphatic rings. The van der Waals surface area contributed by atoms with Crippen molar-refractivity contribution >= 4 is 16.3 Å². The fourth-order valence-corrected chi connectivity index (χ4v) is 2.74. The van der Waals surface area contributed by atoms with E-state index >= 15 is 0 Å². The number of nitrogens with zero attached hydrogens (tertiary/aromatic N) is 1. The summed E-state index contributed by atoms with van der Waals surface area (Å²) >= 11 is 0. The van der Waals surface area contributed by atoms with Gasteiger partial charge in [0.25, 0.3) is 5.56 Å². The van der Waals surface area contributed by atoms with Crippen LogP contribution in [0.2, 0.25) is 0 Å². The number of aliphatic hydroxyl groups excluding tert-OH is 1. The molecule has 2 aromatic rings. The summed E-state index contributed by atoms with van der Waals surface area (Å²) in [5.74, 6) is 0.0301. The molecule has 0 radical (unpaired) electrons. The van der Waals surface area contributed by atoms with Crippen molar-refractivity contribution in [2.75, 3.05) is 6.61 Å². The minimum atomic E-state index is -0.218. The first-order valence-corrected chi connectivity index (χ1v) is 6.89. The van der Waals surface area contributed by atoms with Gasteiger partial charge in [0.05, 0.1) is 17.7 Å². The highest BCUT2D eigenvalue weighted by atomic mass is 16.3. The molecule has 1 aromatic heterocycles. The fraction of sp³-hybridized carbons (Fsp3) is 0.250. The molecule has 0 fully saturated rings. The van der Waals surface area contributed by atoms with Gasteiger partial charge < -0.3 is 10.8 Å². The molecule has 0 bridgehead atoms. The molecule has 1 heterocycles. The summed E-state index contributed by atoms with van der Waals surface area (Å²) in [6.45, 7) is 1.90. The predicted molar refractivity (Wildman–Crippen MR) is 82.6 cm³/mol. The van der Waals surface area contributed by atoms with Crippen LogP contribution in [0.25, 0.3) is 16.3 Å². The first-order valence-electron chi connectivity index (χ1n) is 6.89. The molecule has 108 valence electrons. The van der Waals surface area contributed by atoms with Crippen molar-refractivity contribution in [1.82, 2.24) is 10.2 Å². The van der Waals surface area contributed by atoms with Crippen LogP contribution in [0.1, 0.15) is 12.6 Å². The monoisotopic (exact) mass is 283 g/mol. The summed E-state index contributed by atoms with van der Waals surface area (Å²) < 4.78 is 0. The summed E-state index contributed by atoms with van der Waals surface area (Å²) in [6, 6.07) is 7.19. The Labute approximate surface area is 121 Å². The molecule has 2 atom stereocenters. The van der Waals surface area contributed by atoms with Crippen molar-refractivity contribution in [3.05, 3.63) is 58.0 Å². The minimum absolute atomic E-state index is 0.0301. The predicted octanol–water partition coefficient (Wildman–Crippen LogP) is 1.20. The van der Waals surface area contributed by atoms with Crippen LogP contribution in [0.15, 0.2) is 46.8 Å². The molecular formula is C16H17N3O2. The van der Waals surface area contributed by atoms with E-state index in [4.69, 9.17) is 5.73 Å². The topological polar surface area (TPSA) is 92.0 Å². The molecule has 3 rings (SSSR count). The molecule has 4 N–H and O–H groups in total. The number of fused-ring (bicyclic) bond motifs is 1. The smallest absolute Gasteiger partial charge is 0.272 e. The Morgan fingerprint density at radius 1 is 1.33 bits per heavy atom. The lowest BCUT2D eigenvalue weighted by Crippen LogP contribution is -2.31. The molecule has 5 nitrogen and oxygen atoms in total. The second-order valence-corrected chi connectivity index (χ2v) is 5.27. The SMILES string of the molecule is CC1C(CO)=C(c2n[nH]c(=O)c3ccccc23)C=CC1N. The van der Waals surface area contributed by atoms with Crippen LogP contribution in [0.3, 0.4) is 0 Å². The van der Waals surface area contributed by atoms with E-state index in [0.29, 0.717) is 11.1 Å². The van der Waals surface area contributed by atoms with Crippen LogP contribution in [0, 0.1) is 5.92 Å². The van der Waals surface area contributed by atoms with Gasteiger partial charge in [0.2, 0.25) is 0 Å². The average Bonchev–Trinajstić information content (AvgIpc) is 2.51. The van der Waals surface area contributed by atoms with Gasteiger partial charge >= 0.3 is 0 Å². The number of aromatic amines is 1. The Hall–Kier alpha value is -2.24. The summed E-state index contributed by atoms with van der Waals surface area (Å²) in [5, 5.41) is 17.8. The third-order valence-corrected chi connectivity index (χ3v) is 4.08. The Balaban J connectivity index is 2.30. The van der Waals surface area contributed by atoms with E-state index in [2.05, 4.69) is 10.2 Å². The van der Waals surface area contributed by atoms with Gasteiger partial charge in [0, 0.05) is 17.0 Å². The second-order valence-electron chi connectivity index (χ2n) is 5.27. The quantitative estimate of drug-likeness (QED) is 0.772. The van der Waals surface area contributed by atoms with Crippen LogP contribution < -0.4 is 11.3 Å². The van der Waals surface area contributed by atoms with Crippen LogP contribution in [0.5, 0.6) is 0 Å². The van der Waals surface area contributed by atoms with Crippen molar-refractivity contribution in [2.24, 2.45) is 11.7 Å². The molecule has 5 heteroatoms. The van der Waals surface area contributed by atoms with Gasteiger partial charge in [-0.15, -0.1) is 0 Å². The van der Waals surface area contributed by atoms with Gasteiger partial charge in [-0.05, 0) is 17.6 Å². The van der Waals surface area contributed by atoms with E-state index in [0.717, 1.165) is 16.5 Å². The molecule has 2 unspecified atom stereocenters. The van der Waals surface area contributed by atoms with E-state index in [1.165, 1.54) is 0 Å². The zero-order valence-electron chi connectivity index (χ0n) is 11.7. The van der Waals surface area contributed by atoms with E-state index < -0.39 is 0 Å². The number of aliphatic hydroxyl groups is 1. The van der Waals surface area contributed by atoms with E-state index in [1.807, 2.05) is 37.3 Å². The molecule has 21 heavy (non-hydrogen) atoms. The second kappa shape index (κ2) is 5.27. The lowest BCUT2D eigenvalue weighted by atomic mass is 9.83. The van der Waals surface area contributed by atoms with E-state index in [-0.39, 0.29) is 24.1 Å². The number of aromatic nitrogens is 2. The van der Waals surface area contributed by atoms with Gasteiger partial charge in [0.15, 0.2) is 0 Å². The first kappa shape index (κ1) is 13.7. The summed E-state index contributed by atoms with van der Waals surface area (Å²) in [4.78, 5) is 11.9. The number of nitrogens with one attached hydrogen (secondary N) is 1. The van der Waals surface area contributed by atoms with Crippen LogP contribution in [0.4, 0.5) is 0 Å². The van der Waals surface area contributed by atoms with Crippen LogP contribution >= 0.6 is 0 Å². The maximum atomic E-state index is 11.9. The molecule has 0 saturated carbocycles. The Kier molecular flexibility index (Phi) is 3.45. The van der Waals surface area contributed by atoms with Gasteiger partial charge in [-0.2, -0.15) is 5.10 Å². The maximum absolute atomic E-state index is 11.9. The summed E-state index contributed by atoms with van der Waals surface area (Å²) in [6.07, 6.45) is 3.78. The van der Waals surface area contributed by atoms with Gasteiger partial charge in [-0.1, -0.05) is 37.3 Å². The maximum Gasteiger partial charge on any atom is 0.272 e.